The monoisotopic (exact) mass is 284 g/mol. The topological polar surface area (TPSA) is 51.1 Å². The van der Waals surface area contributed by atoms with E-state index < -0.39 is 0 Å². The molecular formula is C13H21ClN4O. The van der Waals surface area contributed by atoms with Gasteiger partial charge in [-0.2, -0.15) is 15.0 Å². The van der Waals surface area contributed by atoms with Crippen LogP contribution in [0, 0.1) is 5.92 Å². The number of aromatic nitrogens is 3. The zero-order valence-corrected chi connectivity index (χ0v) is 12.5. The molecule has 1 aliphatic carbocycles. The number of ether oxygens (including phenoxy) is 1. The Kier molecular flexibility index (Phi) is 4.80. The average Bonchev–Trinajstić information content (AvgIpc) is 2.46. The Hall–Kier alpha value is -1.10. The van der Waals surface area contributed by atoms with Crippen molar-refractivity contribution in [2.24, 2.45) is 5.92 Å². The van der Waals surface area contributed by atoms with Crippen LogP contribution in [0.5, 0.6) is 6.01 Å². The lowest BCUT2D eigenvalue weighted by Gasteiger charge is -2.34. The van der Waals surface area contributed by atoms with Crippen LogP contribution in [0.3, 0.4) is 0 Å². The van der Waals surface area contributed by atoms with E-state index in [1.165, 1.54) is 39.2 Å². The van der Waals surface area contributed by atoms with Gasteiger partial charge in [-0.15, -0.1) is 0 Å². The highest BCUT2D eigenvalue weighted by molar-refractivity contribution is 6.28. The largest absolute Gasteiger partial charge is 0.467 e. The van der Waals surface area contributed by atoms with Crippen LogP contribution in [-0.4, -0.2) is 35.2 Å². The van der Waals surface area contributed by atoms with Gasteiger partial charge in [0, 0.05) is 13.1 Å². The maximum atomic E-state index is 5.89. The van der Waals surface area contributed by atoms with E-state index in [-0.39, 0.29) is 11.3 Å². The molecule has 0 saturated heterocycles. The van der Waals surface area contributed by atoms with E-state index in [9.17, 15) is 0 Å². The molecule has 19 heavy (non-hydrogen) atoms. The summed E-state index contributed by atoms with van der Waals surface area (Å²) in [5.41, 5.74) is 0. The summed E-state index contributed by atoms with van der Waals surface area (Å²) in [7, 11) is 3.55. The molecular weight excluding hydrogens is 264 g/mol. The fraction of sp³-hybridized carbons (Fsp3) is 0.769. The minimum atomic E-state index is 0.177. The molecule has 0 atom stereocenters. The molecule has 1 aromatic rings. The van der Waals surface area contributed by atoms with E-state index >= 15 is 0 Å². The molecule has 0 bridgehead atoms. The van der Waals surface area contributed by atoms with E-state index in [0.29, 0.717) is 12.0 Å². The molecule has 0 unspecified atom stereocenters. The second-order valence-electron chi connectivity index (χ2n) is 5.08. The normalized spacial score (nSPS) is 23.2. The molecule has 0 amide bonds. The van der Waals surface area contributed by atoms with Crippen molar-refractivity contribution in [1.29, 1.82) is 0 Å². The van der Waals surface area contributed by atoms with Crippen molar-refractivity contribution in [1.82, 2.24) is 15.0 Å². The number of hydrogen-bond acceptors (Lipinski definition) is 5. The molecule has 1 heterocycles. The minimum absolute atomic E-state index is 0.177. The zero-order valence-electron chi connectivity index (χ0n) is 11.8. The summed E-state index contributed by atoms with van der Waals surface area (Å²) in [6.07, 6.45) is 6.20. The van der Waals surface area contributed by atoms with Crippen LogP contribution in [0.15, 0.2) is 0 Å². The molecule has 106 valence electrons. The fourth-order valence-electron chi connectivity index (χ4n) is 2.67. The Balaban J connectivity index is 2.07. The molecule has 1 saturated carbocycles. The molecule has 0 aliphatic heterocycles. The first-order valence-electron chi connectivity index (χ1n) is 6.82. The Morgan fingerprint density at radius 2 is 1.89 bits per heavy atom. The Morgan fingerprint density at radius 1 is 1.21 bits per heavy atom. The number of methoxy groups -OCH3 is 1. The third kappa shape index (κ3) is 3.47. The van der Waals surface area contributed by atoms with Crippen LogP contribution < -0.4 is 9.64 Å². The van der Waals surface area contributed by atoms with E-state index in [4.69, 9.17) is 16.3 Å². The van der Waals surface area contributed by atoms with Crippen LogP contribution in [-0.2, 0) is 0 Å². The summed E-state index contributed by atoms with van der Waals surface area (Å²) in [6, 6.07) is 0.745. The summed E-state index contributed by atoms with van der Waals surface area (Å²) in [5, 5.41) is 0.177. The predicted molar refractivity (Wildman–Crippen MR) is 75.8 cm³/mol. The van der Waals surface area contributed by atoms with Crippen molar-refractivity contribution < 1.29 is 4.74 Å². The van der Waals surface area contributed by atoms with Crippen LogP contribution >= 0.6 is 11.6 Å². The number of anilines is 1. The summed E-state index contributed by atoms with van der Waals surface area (Å²) in [5.74, 6) is 1.47. The molecule has 0 radical (unpaired) electrons. The Morgan fingerprint density at radius 3 is 2.47 bits per heavy atom. The van der Waals surface area contributed by atoms with E-state index in [0.717, 1.165) is 5.92 Å². The van der Waals surface area contributed by atoms with Crippen LogP contribution in [0.2, 0.25) is 5.28 Å². The molecule has 1 aromatic heterocycles. The summed E-state index contributed by atoms with van der Waals surface area (Å²) < 4.78 is 5.03. The van der Waals surface area contributed by atoms with Gasteiger partial charge in [-0.25, -0.2) is 0 Å². The number of nitrogens with zero attached hydrogens (tertiary/aromatic N) is 4. The van der Waals surface area contributed by atoms with Crippen molar-refractivity contribution in [2.75, 3.05) is 19.1 Å². The zero-order chi connectivity index (χ0) is 13.8. The van der Waals surface area contributed by atoms with Gasteiger partial charge >= 0.3 is 6.01 Å². The second kappa shape index (κ2) is 6.37. The van der Waals surface area contributed by atoms with Gasteiger partial charge in [0.15, 0.2) is 0 Å². The highest BCUT2D eigenvalue weighted by Gasteiger charge is 2.25. The highest BCUT2D eigenvalue weighted by atomic mass is 35.5. The van der Waals surface area contributed by atoms with Gasteiger partial charge in [0.1, 0.15) is 0 Å². The van der Waals surface area contributed by atoms with Crippen LogP contribution in [0.1, 0.15) is 39.0 Å². The summed E-state index contributed by atoms with van der Waals surface area (Å²) in [4.78, 5) is 14.4. The Bertz CT molecular complexity index is 421. The van der Waals surface area contributed by atoms with Crippen molar-refractivity contribution in [3.05, 3.63) is 5.28 Å². The summed E-state index contributed by atoms with van der Waals surface area (Å²) in [6.45, 7) is 2.27. The van der Waals surface area contributed by atoms with Gasteiger partial charge in [0.2, 0.25) is 11.2 Å². The van der Waals surface area contributed by atoms with Gasteiger partial charge in [0.25, 0.3) is 0 Å². The van der Waals surface area contributed by atoms with Gasteiger partial charge in [-0.1, -0.05) is 13.3 Å². The van der Waals surface area contributed by atoms with Gasteiger partial charge in [0.05, 0.1) is 7.11 Å². The molecule has 0 aromatic carbocycles. The van der Waals surface area contributed by atoms with Crippen molar-refractivity contribution in [3.63, 3.8) is 0 Å². The maximum absolute atomic E-state index is 5.89. The molecule has 0 N–H and O–H groups in total. The first-order valence-corrected chi connectivity index (χ1v) is 7.20. The molecule has 5 nitrogen and oxygen atoms in total. The third-order valence-electron chi connectivity index (χ3n) is 4.02. The predicted octanol–water partition coefficient (Wildman–Crippen LogP) is 2.94. The smallest absolute Gasteiger partial charge is 0.322 e. The van der Waals surface area contributed by atoms with Crippen molar-refractivity contribution in [2.45, 2.75) is 45.1 Å². The van der Waals surface area contributed by atoms with Crippen molar-refractivity contribution in [3.8, 4) is 6.01 Å². The standard InChI is InChI=1S/C13H21ClN4O/c1-4-9-5-7-10(8-6-9)18(2)12-15-11(14)16-13(17-12)19-3/h9-10H,4-8H2,1-3H3. The fourth-order valence-corrected chi connectivity index (χ4v) is 2.82. The minimum Gasteiger partial charge on any atom is -0.467 e. The molecule has 1 fully saturated rings. The van der Waals surface area contributed by atoms with E-state index in [2.05, 4.69) is 26.8 Å². The molecule has 2 rings (SSSR count). The molecule has 6 heteroatoms. The lowest BCUT2D eigenvalue weighted by Crippen LogP contribution is -2.36. The highest BCUT2D eigenvalue weighted by Crippen LogP contribution is 2.30. The van der Waals surface area contributed by atoms with E-state index in [1.54, 1.807) is 0 Å². The van der Waals surface area contributed by atoms with Crippen LogP contribution in [0.25, 0.3) is 0 Å². The van der Waals surface area contributed by atoms with Gasteiger partial charge < -0.3 is 9.64 Å². The van der Waals surface area contributed by atoms with E-state index in [1.807, 2.05) is 7.05 Å². The first kappa shape index (κ1) is 14.3. The lowest BCUT2D eigenvalue weighted by atomic mass is 9.84. The van der Waals surface area contributed by atoms with Crippen molar-refractivity contribution >= 4 is 17.5 Å². The lowest BCUT2D eigenvalue weighted by molar-refractivity contribution is 0.311. The van der Waals surface area contributed by atoms with Crippen LogP contribution in [0.4, 0.5) is 5.95 Å². The summed E-state index contributed by atoms with van der Waals surface area (Å²) >= 11 is 5.89. The number of rotatable bonds is 4. The average molecular weight is 285 g/mol. The van der Waals surface area contributed by atoms with Gasteiger partial charge in [-0.3, -0.25) is 0 Å². The number of hydrogen-bond donors (Lipinski definition) is 0. The molecule has 1 aliphatic rings. The first-order chi connectivity index (χ1) is 9.13. The number of halogens is 1. The SMILES string of the molecule is CCC1CCC(N(C)c2nc(Cl)nc(OC)n2)CC1. The Labute approximate surface area is 119 Å². The van der Waals surface area contributed by atoms with Gasteiger partial charge in [-0.05, 0) is 43.2 Å². The second-order valence-corrected chi connectivity index (χ2v) is 5.42. The maximum Gasteiger partial charge on any atom is 0.322 e. The molecule has 0 spiro atoms. The third-order valence-corrected chi connectivity index (χ3v) is 4.18. The quantitative estimate of drug-likeness (QED) is 0.851.